The quantitative estimate of drug-likeness (QED) is 0.877. The van der Waals surface area contributed by atoms with Crippen LogP contribution in [0.5, 0.6) is 5.75 Å². The SMILES string of the molecule is COc1ccc(Cl)c(CN2CC[C@H](N)C2)c1. The Hall–Kier alpha value is -0.770. The van der Waals surface area contributed by atoms with Crippen LogP contribution >= 0.6 is 11.6 Å². The van der Waals surface area contributed by atoms with Crippen LogP contribution in [0.2, 0.25) is 5.02 Å². The summed E-state index contributed by atoms with van der Waals surface area (Å²) in [6.45, 7) is 2.85. The van der Waals surface area contributed by atoms with Gasteiger partial charge >= 0.3 is 0 Å². The summed E-state index contributed by atoms with van der Waals surface area (Å²) in [5, 5.41) is 0.793. The Morgan fingerprint density at radius 1 is 1.56 bits per heavy atom. The number of methoxy groups -OCH3 is 1. The third-order valence-electron chi connectivity index (χ3n) is 2.96. The lowest BCUT2D eigenvalue weighted by atomic mass is 10.2. The maximum Gasteiger partial charge on any atom is 0.119 e. The first kappa shape index (κ1) is 11.7. The van der Waals surface area contributed by atoms with E-state index in [1.807, 2.05) is 18.2 Å². The summed E-state index contributed by atoms with van der Waals surface area (Å²) in [5.74, 6) is 0.850. The molecular weight excluding hydrogens is 224 g/mol. The van der Waals surface area contributed by atoms with Crippen LogP contribution in [0.4, 0.5) is 0 Å². The first-order chi connectivity index (χ1) is 7.69. The molecule has 0 aliphatic carbocycles. The minimum atomic E-state index is 0.310. The number of rotatable bonds is 3. The highest BCUT2D eigenvalue weighted by molar-refractivity contribution is 6.31. The van der Waals surface area contributed by atoms with Gasteiger partial charge in [-0.3, -0.25) is 4.90 Å². The molecule has 0 bridgehead atoms. The Balaban J connectivity index is 2.08. The van der Waals surface area contributed by atoms with Crippen LogP contribution in [0, 0.1) is 0 Å². The Bertz CT molecular complexity index is 370. The zero-order valence-corrected chi connectivity index (χ0v) is 10.2. The Kier molecular flexibility index (Phi) is 3.69. The summed E-state index contributed by atoms with van der Waals surface area (Å²) in [6.07, 6.45) is 1.07. The summed E-state index contributed by atoms with van der Waals surface area (Å²) in [5.41, 5.74) is 6.98. The fourth-order valence-electron chi connectivity index (χ4n) is 2.05. The minimum Gasteiger partial charge on any atom is -0.497 e. The first-order valence-electron chi connectivity index (χ1n) is 5.49. The molecule has 1 aliphatic heterocycles. The molecule has 1 aromatic rings. The van der Waals surface area contributed by atoms with E-state index in [4.69, 9.17) is 22.1 Å². The van der Waals surface area contributed by atoms with Crippen molar-refractivity contribution >= 4 is 11.6 Å². The van der Waals surface area contributed by atoms with Crippen molar-refractivity contribution < 1.29 is 4.74 Å². The van der Waals surface area contributed by atoms with Crippen LogP contribution in [-0.2, 0) is 6.54 Å². The van der Waals surface area contributed by atoms with E-state index in [-0.39, 0.29) is 0 Å². The number of likely N-dealkylation sites (tertiary alicyclic amines) is 1. The Morgan fingerprint density at radius 3 is 3.00 bits per heavy atom. The number of nitrogens with two attached hydrogens (primary N) is 1. The van der Waals surface area contributed by atoms with Crippen molar-refractivity contribution in [1.82, 2.24) is 4.90 Å². The molecule has 0 radical (unpaired) electrons. The maximum absolute atomic E-state index is 6.15. The van der Waals surface area contributed by atoms with Gasteiger partial charge in [-0.2, -0.15) is 0 Å². The lowest BCUT2D eigenvalue weighted by molar-refractivity contribution is 0.326. The first-order valence-corrected chi connectivity index (χ1v) is 5.87. The molecule has 0 saturated carbocycles. The van der Waals surface area contributed by atoms with Crippen molar-refractivity contribution in [3.63, 3.8) is 0 Å². The van der Waals surface area contributed by atoms with Crippen LogP contribution < -0.4 is 10.5 Å². The summed E-state index contributed by atoms with van der Waals surface area (Å²) in [7, 11) is 1.67. The average molecular weight is 241 g/mol. The molecule has 2 N–H and O–H groups in total. The molecule has 0 spiro atoms. The molecule has 88 valence electrons. The summed E-state index contributed by atoms with van der Waals surface area (Å²) in [6, 6.07) is 6.06. The Morgan fingerprint density at radius 2 is 2.38 bits per heavy atom. The molecule has 0 amide bonds. The molecule has 1 fully saturated rings. The molecular formula is C12H17ClN2O. The lowest BCUT2D eigenvalue weighted by Gasteiger charge is -2.16. The van der Waals surface area contributed by atoms with E-state index in [2.05, 4.69) is 4.90 Å². The number of ether oxygens (including phenoxy) is 1. The molecule has 0 aromatic heterocycles. The van der Waals surface area contributed by atoms with Crippen molar-refractivity contribution in [2.75, 3.05) is 20.2 Å². The fourth-order valence-corrected chi connectivity index (χ4v) is 2.22. The predicted molar refractivity (Wildman–Crippen MR) is 65.9 cm³/mol. The van der Waals surface area contributed by atoms with Gasteiger partial charge < -0.3 is 10.5 Å². The molecule has 16 heavy (non-hydrogen) atoms. The van der Waals surface area contributed by atoms with Gasteiger partial charge in [0.25, 0.3) is 0 Å². The van der Waals surface area contributed by atoms with Crippen LogP contribution in [0.1, 0.15) is 12.0 Å². The number of benzene rings is 1. The van der Waals surface area contributed by atoms with Crippen LogP contribution in [0.15, 0.2) is 18.2 Å². The van der Waals surface area contributed by atoms with Gasteiger partial charge in [0.05, 0.1) is 7.11 Å². The standard InChI is InChI=1S/C12H17ClN2O/c1-16-11-2-3-12(13)9(6-11)7-15-5-4-10(14)8-15/h2-3,6,10H,4-5,7-8,14H2,1H3/t10-/m0/s1. The van der Waals surface area contributed by atoms with E-state index in [1.165, 1.54) is 0 Å². The van der Waals surface area contributed by atoms with Crippen LogP contribution in [0.25, 0.3) is 0 Å². The third kappa shape index (κ3) is 2.67. The molecule has 1 aromatic carbocycles. The Labute approximate surface area is 101 Å². The van der Waals surface area contributed by atoms with Crippen molar-refractivity contribution in [2.24, 2.45) is 5.73 Å². The summed E-state index contributed by atoms with van der Waals surface area (Å²) in [4.78, 5) is 2.32. The van der Waals surface area contributed by atoms with Gasteiger partial charge in [0.1, 0.15) is 5.75 Å². The second-order valence-electron chi connectivity index (χ2n) is 4.24. The van der Waals surface area contributed by atoms with E-state index < -0.39 is 0 Å². The fraction of sp³-hybridized carbons (Fsp3) is 0.500. The van der Waals surface area contributed by atoms with E-state index in [1.54, 1.807) is 7.11 Å². The largest absolute Gasteiger partial charge is 0.497 e. The monoisotopic (exact) mass is 240 g/mol. The molecule has 1 aliphatic rings. The summed E-state index contributed by atoms with van der Waals surface area (Å²) < 4.78 is 5.19. The molecule has 0 unspecified atom stereocenters. The van der Waals surface area contributed by atoms with Gasteiger partial charge in [-0.1, -0.05) is 11.6 Å². The van der Waals surface area contributed by atoms with Gasteiger partial charge in [-0.05, 0) is 30.2 Å². The zero-order chi connectivity index (χ0) is 11.5. The lowest BCUT2D eigenvalue weighted by Crippen LogP contribution is -2.26. The molecule has 3 nitrogen and oxygen atoms in total. The number of nitrogens with zero attached hydrogens (tertiary/aromatic N) is 1. The normalized spacial score (nSPS) is 21.3. The highest BCUT2D eigenvalue weighted by atomic mass is 35.5. The number of hydrogen-bond acceptors (Lipinski definition) is 3. The summed E-state index contributed by atoms with van der Waals surface area (Å²) >= 11 is 6.15. The van der Waals surface area contributed by atoms with Gasteiger partial charge in [0.2, 0.25) is 0 Å². The van der Waals surface area contributed by atoms with Gasteiger partial charge in [0, 0.05) is 30.7 Å². The van der Waals surface area contributed by atoms with Crippen molar-refractivity contribution in [3.8, 4) is 5.75 Å². The molecule has 1 atom stereocenters. The topological polar surface area (TPSA) is 38.5 Å². The van der Waals surface area contributed by atoms with E-state index in [9.17, 15) is 0 Å². The number of halogens is 1. The second-order valence-corrected chi connectivity index (χ2v) is 4.65. The minimum absolute atomic E-state index is 0.310. The van der Waals surface area contributed by atoms with Crippen molar-refractivity contribution in [2.45, 2.75) is 19.0 Å². The van der Waals surface area contributed by atoms with Gasteiger partial charge in [-0.15, -0.1) is 0 Å². The zero-order valence-electron chi connectivity index (χ0n) is 9.45. The number of hydrogen-bond donors (Lipinski definition) is 1. The average Bonchev–Trinajstić information content (AvgIpc) is 2.67. The third-order valence-corrected chi connectivity index (χ3v) is 3.32. The van der Waals surface area contributed by atoms with Crippen LogP contribution in [0.3, 0.4) is 0 Å². The molecule has 1 heterocycles. The van der Waals surface area contributed by atoms with E-state index in [0.717, 1.165) is 42.4 Å². The highest BCUT2D eigenvalue weighted by Crippen LogP contribution is 2.24. The smallest absolute Gasteiger partial charge is 0.119 e. The highest BCUT2D eigenvalue weighted by Gasteiger charge is 2.19. The maximum atomic E-state index is 6.15. The van der Waals surface area contributed by atoms with E-state index >= 15 is 0 Å². The second kappa shape index (κ2) is 5.04. The van der Waals surface area contributed by atoms with Gasteiger partial charge in [-0.25, -0.2) is 0 Å². The molecule has 2 rings (SSSR count). The van der Waals surface area contributed by atoms with Crippen molar-refractivity contribution in [3.05, 3.63) is 28.8 Å². The molecule has 1 saturated heterocycles. The van der Waals surface area contributed by atoms with Crippen molar-refractivity contribution in [1.29, 1.82) is 0 Å². The molecule has 4 heteroatoms. The van der Waals surface area contributed by atoms with E-state index in [0.29, 0.717) is 6.04 Å². The van der Waals surface area contributed by atoms with Crippen LogP contribution in [-0.4, -0.2) is 31.1 Å². The predicted octanol–water partition coefficient (Wildman–Crippen LogP) is 1.88. The van der Waals surface area contributed by atoms with Gasteiger partial charge in [0.15, 0.2) is 0 Å².